The lowest BCUT2D eigenvalue weighted by molar-refractivity contribution is -0.123. The monoisotopic (exact) mass is 507 g/mol. The van der Waals surface area contributed by atoms with E-state index in [9.17, 15) is 15.0 Å². The van der Waals surface area contributed by atoms with Gasteiger partial charge in [0.25, 0.3) is 0 Å². The largest absolute Gasteiger partial charge is 0.394 e. The fraction of sp³-hybridized carbons (Fsp3) is 0.844. The summed E-state index contributed by atoms with van der Waals surface area (Å²) in [6, 6.07) is -0.630. The van der Waals surface area contributed by atoms with Crippen LogP contribution < -0.4 is 5.32 Å². The molecule has 3 N–H and O–H groups in total. The fourth-order valence-corrected chi connectivity index (χ4v) is 4.48. The van der Waals surface area contributed by atoms with Crippen LogP contribution in [0.4, 0.5) is 0 Å². The molecule has 0 fully saturated rings. The number of rotatable bonds is 27. The van der Waals surface area contributed by atoms with Crippen molar-refractivity contribution < 1.29 is 15.0 Å². The van der Waals surface area contributed by atoms with Crippen molar-refractivity contribution in [3.8, 4) is 0 Å². The summed E-state index contributed by atoms with van der Waals surface area (Å²) in [4.78, 5) is 12.2. The highest BCUT2D eigenvalue weighted by molar-refractivity contribution is 5.76. The minimum Gasteiger partial charge on any atom is -0.394 e. The van der Waals surface area contributed by atoms with Gasteiger partial charge in [-0.3, -0.25) is 4.79 Å². The molecule has 0 saturated heterocycles. The lowest BCUT2D eigenvalue weighted by atomic mass is 10.0. The Morgan fingerprint density at radius 1 is 0.639 bits per heavy atom. The number of aliphatic hydroxyl groups is 2. The minimum atomic E-state index is -0.854. The molecule has 0 radical (unpaired) electrons. The van der Waals surface area contributed by atoms with Gasteiger partial charge in [0, 0.05) is 6.42 Å². The van der Waals surface area contributed by atoms with E-state index in [4.69, 9.17) is 0 Å². The van der Waals surface area contributed by atoms with Crippen molar-refractivity contribution in [2.24, 2.45) is 0 Å². The molecule has 2 atom stereocenters. The molecular weight excluding hydrogens is 446 g/mol. The molecule has 36 heavy (non-hydrogen) atoms. The zero-order valence-corrected chi connectivity index (χ0v) is 24.0. The molecule has 0 spiro atoms. The van der Waals surface area contributed by atoms with Crippen LogP contribution in [0.1, 0.15) is 155 Å². The van der Waals surface area contributed by atoms with E-state index in [-0.39, 0.29) is 12.5 Å². The van der Waals surface area contributed by atoms with Crippen LogP contribution in [-0.2, 0) is 4.79 Å². The smallest absolute Gasteiger partial charge is 0.220 e. The normalized spacial score (nSPS) is 13.6. The SMILES string of the molecule is CCCCCCC/C=C/CC/C=C/[C@@H](O)[C@H](CO)NC(=O)CCCCCCCCCCCCCCC. The number of unbranched alkanes of at least 4 members (excludes halogenated alkanes) is 18. The molecule has 212 valence electrons. The van der Waals surface area contributed by atoms with E-state index in [2.05, 4.69) is 31.3 Å². The lowest BCUT2D eigenvalue weighted by Crippen LogP contribution is -2.45. The third kappa shape index (κ3) is 24.6. The van der Waals surface area contributed by atoms with Crippen LogP contribution in [0, 0.1) is 0 Å². The number of hydrogen-bond donors (Lipinski definition) is 3. The van der Waals surface area contributed by atoms with E-state index < -0.39 is 12.1 Å². The van der Waals surface area contributed by atoms with E-state index in [1.807, 2.05) is 6.08 Å². The van der Waals surface area contributed by atoms with Crippen LogP contribution in [0.5, 0.6) is 0 Å². The lowest BCUT2D eigenvalue weighted by Gasteiger charge is -2.19. The number of hydrogen-bond acceptors (Lipinski definition) is 3. The first-order valence-electron chi connectivity index (χ1n) is 15.6. The molecule has 0 aliphatic rings. The van der Waals surface area contributed by atoms with Crippen molar-refractivity contribution in [1.82, 2.24) is 5.32 Å². The first-order chi connectivity index (χ1) is 17.7. The zero-order chi connectivity index (χ0) is 26.5. The molecule has 1 amide bonds. The summed E-state index contributed by atoms with van der Waals surface area (Å²) in [5.74, 6) is -0.0774. The van der Waals surface area contributed by atoms with E-state index in [0.29, 0.717) is 6.42 Å². The van der Waals surface area contributed by atoms with Crippen LogP contribution in [0.15, 0.2) is 24.3 Å². The predicted octanol–water partition coefficient (Wildman–Crippen LogP) is 8.56. The Kier molecular flexibility index (Phi) is 27.5. The van der Waals surface area contributed by atoms with Crippen molar-refractivity contribution in [2.45, 2.75) is 167 Å². The summed E-state index contributed by atoms with van der Waals surface area (Å²) in [7, 11) is 0. The third-order valence-electron chi connectivity index (χ3n) is 6.94. The Hall–Kier alpha value is -1.13. The highest BCUT2D eigenvalue weighted by Crippen LogP contribution is 2.13. The number of carbonyl (C=O) groups is 1. The molecule has 0 heterocycles. The van der Waals surface area contributed by atoms with Gasteiger partial charge in [-0.1, -0.05) is 141 Å². The third-order valence-corrected chi connectivity index (χ3v) is 6.94. The number of carbonyl (C=O) groups excluding carboxylic acids is 1. The topological polar surface area (TPSA) is 69.6 Å². The fourth-order valence-electron chi connectivity index (χ4n) is 4.48. The molecule has 4 heteroatoms. The van der Waals surface area contributed by atoms with Crippen LogP contribution in [0.2, 0.25) is 0 Å². The molecule has 0 aromatic carbocycles. The van der Waals surface area contributed by atoms with Gasteiger partial charge in [-0.05, 0) is 32.1 Å². The van der Waals surface area contributed by atoms with Crippen LogP contribution in [-0.4, -0.2) is 34.9 Å². The summed E-state index contributed by atoms with van der Waals surface area (Å²) >= 11 is 0. The van der Waals surface area contributed by atoms with Gasteiger partial charge < -0.3 is 15.5 Å². The molecule has 0 aromatic heterocycles. The standard InChI is InChI=1S/C32H61NO3/c1-3-5-7-9-11-13-15-16-18-20-22-24-26-28-32(36)33-30(29-34)31(35)27-25-23-21-19-17-14-12-10-8-6-4-2/h17,19,25,27,30-31,34-35H,3-16,18,20-24,26,28-29H2,1-2H3,(H,33,36)/b19-17+,27-25+/t30-,31+/m0/s1. The Balaban J connectivity index is 3.71. The summed E-state index contributed by atoms with van der Waals surface area (Å²) in [6.45, 7) is 4.25. The number of aliphatic hydroxyl groups excluding tert-OH is 2. The van der Waals surface area contributed by atoms with Crippen molar-refractivity contribution in [3.05, 3.63) is 24.3 Å². The van der Waals surface area contributed by atoms with Crippen molar-refractivity contribution in [1.29, 1.82) is 0 Å². The van der Waals surface area contributed by atoms with E-state index in [1.165, 1.54) is 103 Å². The van der Waals surface area contributed by atoms with Gasteiger partial charge in [-0.15, -0.1) is 0 Å². The maximum absolute atomic E-state index is 12.2. The molecule has 0 aromatic rings. The summed E-state index contributed by atoms with van der Waals surface area (Å²) in [5, 5.41) is 22.7. The number of nitrogens with one attached hydrogen (secondary N) is 1. The minimum absolute atomic E-state index is 0.0774. The molecular formula is C32H61NO3. The second-order valence-corrected chi connectivity index (χ2v) is 10.5. The molecule has 0 rings (SSSR count). The van der Waals surface area contributed by atoms with Crippen LogP contribution in [0.25, 0.3) is 0 Å². The van der Waals surface area contributed by atoms with E-state index in [0.717, 1.165) is 32.1 Å². The number of amides is 1. The van der Waals surface area contributed by atoms with Gasteiger partial charge in [-0.2, -0.15) is 0 Å². The maximum Gasteiger partial charge on any atom is 0.220 e. The Labute approximate surface area is 224 Å². The first kappa shape index (κ1) is 34.9. The van der Waals surface area contributed by atoms with Crippen LogP contribution >= 0.6 is 0 Å². The molecule has 0 bridgehead atoms. The van der Waals surface area contributed by atoms with Crippen molar-refractivity contribution in [3.63, 3.8) is 0 Å². The quantitative estimate of drug-likeness (QED) is 0.0770. The van der Waals surface area contributed by atoms with E-state index in [1.54, 1.807) is 6.08 Å². The van der Waals surface area contributed by atoms with Crippen LogP contribution in [0.3, 0.4) is 0 Å². The Morgan fingerprint density at radius 2 is 1.08 bits per heavy atom. The van der Waals surface area contributed by atoms with Gasteiger partial charge in [0.1, 0.15) is 0 Å². The van der Waals surface area contributed by atoms with Gasteiger partial charge >= 0.3 is 0 Å². The predicted molar refractivity (Wildman–Crippen MR) is 156 cm³/mol. The highest BCUT2D eigenvalue weighted by atomic mass is 16.3. The van der Waals surface area contributed by atoms with Crippen molar-refractivity contribution >= 4 is 5.91 Å². The Bertz CT molecular complexity index is 518. The molecule has 0 aliphatic heterocycles. The van der Waals surface area contributed by atoms with E-state index >= 15 is 0 Å². The first-order valence-corrected chi connectivity index (χ1v) is 15.6. The maximum atomic E-state index is 12.2. The average molecular weight is 508 g/mol. The van der Waals surface area contributed by atoms with Gasteiger partial charge in [0.05, 0.1) is 18.8 Å². The Morgan fingerprint density at radius 3 is 1.61 bits per heavy atom. The van der Waals surface area contributed by atoms with Gasteiger partial charge in [-0.25, -0.2) is 0 Å². The summed E-state index contributed by atoms with van der Waals surface area (Å²) in [5.41, 5.74) is 0. The molecule has 4 nitrogen and oxygen atoms in total. The van der Waals surface area contributed by atoms with Gasteiger partial charge in [0.2, 0.25) is 5.91 Å². The average Bonchev–Trinajstić information content (AvgIpc) is 2.88. The zero-order valence-electron chi connectivity index (χ0n) is 24.0. The molecule has 0 saturated carbocycles. The van der Waals surface area contributed by atoms with Crippen molar-refractivity contribution in [2.75, 3.05) is 6.61 Å². The summed E-state index contributed by atoms with van der Waals surface area (Å²) in [6.07, 6.45) is 33.9. The summed E-state index contributed by atoms with van der Waals surface area (Å²) < 4.78 is 0. The molecule has 0 unspecified atom stereocenters. The number of allylic oxidation sites excluding steroid dienone is 3. The highest BCUT2D eigenvalue weighted by Gasteiger charge is 2.17. The second kappa shape index (κ2) is 28.4. The molecule has 0 aliphatic carbocycles. The van der Waals surface area contributed by atoms with Gasteiger partial charge in [0.15, 0.2) is 0 Å². The second-order valence-electron chi connectivity index (χ2n) is 10.5.